The number of aromatic nitrogens is 1. The molecule has 2 saturated heterocycles. The van der Waals surface area contributed by atoms with Crippen LogP contribution in [0.4, 0.5) is 5.69 Å². The van der Waals surface area contributed by atoms with Crippen LogP contribution in [0.1, 0.15) is 31.4 Å². The van der Waals surface area contributed by atoms with Crippen molar-refractivity contribution in [3.8, 4) is 11.8 Å². The maximum atomic E-state index is 10.8. The van der Waals surface area contributed by atoms with Crippen molar-refractivity contribution in [1.29, 1.82) is 0 Å². The second-order valence-corrected chi connectivity index (χ2v) is 9.39. The lowest BCUT2D eigenvalue weighted by molar-refractivity contribution is -0.145. The summed E-state index contributed by atoms with van der Waals surface area (Å²) in [6.07, 6.45) is 1.91. The number of anilines is 1. The van der Waals surface area contributed by atoms with Crippen molar-refractivity contribution in [3.05, 3.63) is 41.5 Å². The van der Waals surface area contributed by atoms with Crippen LogP contribution in [-0.4, -0.2) is 70.4 Å². The van der Waals surface area contributed by atoms with E-state index in [0.717, 1.165) is 50.3 Å². The summed E-state index contributed by atoms with van der Waals surface area (Å²) >= 11 is 0. The smallest absolute Gasteiger partial charge is 0.197 e. The molecule has 7 nitrogen and oxygen atoms in total. The molecular formula is C24H33N3O4. The van der Waals surface area contributed by atoms with Crippen LogP contribution >= 0.6 is 0 Å². The van der Waals surface area contributed by atoms with Crippen LogP contribution < -0.4 is 4.90 Å². The summed E-state index contributed by atoms with van der Waals surface area (Å²) in [5.41, 5.74) is 2.92. The van der Waals surface area contributed by atoms with E-state index in [1.54, 1.807) is 4.57 Å². The Morgan fingerprint density at radius 1 is 0.871 bits per heavy atom. The van der Waals surface area contributed by atoms with Crippen molar-refractivity contribution in [2.24, 2.45) is 0 Å². The zero-order valence-electron chi connectivity index (χ0n) is 18.5. The molecule has 1 aromatic carbocycles. The lowest BCUT2D eigenvalue weighted by Gasteiger charge is -2.36. The van der Waals surface area contributed by atoms with E-state index in [1.165, 1.54) is 5.69 Å². The highest BCUT2D eigenvalue weighted by Gasteiger charge is 2.46. The Morgan fingerprint density at radius 2 is 1.45 bits per heavy atom. The molecule has 168 valence electrons. The average molecular weight is 428 g/mol. The highest BCUT2D eigenvalue weighted by molar-refractivity contribution is 5.48. The molecule has 7 heteroatoms. The van der Waals surface area contributed by atoms with Crippen LogP contribution in [0.2, 0.25) is 0 Å². The number of ether oxygens (including phenoxy) is 2. The maximum absolute atomic E-state index is 10.8. The van der Waals surface area contributed by atoms with E-state index in [1.807, 2.05) is 13.8 Å². The third-order valence-corrected chi connectivity index (χ3v) is 6.86. The fraction of sp³-hybridized carbons (Fsp3) is 0.583. The summed E-state index contributed by atoms with van der Waals surface area (Å²) in [5, 5.41) is 21.6. The first-order valence-corrected chi connectivity index (χ1v) is 11.4. The Hall–Kier alpha value is -2.22. The van der Waals surface area contributed by atoms with Gasteiger partial charge in [-0.05, 0) is 38.9 Å². The number of piperazine rings is 1. The second-order valence-electron chi connectivity index (χ2n) is 9.39. The van der Waals surface area contributed by atoms with Crippen LogP contribution in [0, 0.1) is 0 Å². The number of hydrogen-bond donors (Lipinski definition) is 2. The van der Waals surface area contributed by atoms with Gasteiger partial charge < -0.3 is 24.6 Å². The lowest BCUT2D eigenvalue weighted by Crippen LogP contribution is -2.46. The standard InChI is InChI=1S/C24H33N3O4/c1-24(2)30-20-15-18-19(16-21(20)31-24)23(29)27(22(18)28)10-6-9-25-11-13-26(14-12-25)17-7-4-3-5-8-17/h3-5,7-8,20-21,28-29H,6,9-16H2,1-2H3. The minimum atomic E-state index is -0.607. The minimum absolute atomic E-state index is 0.0652. The van der Waals surface area contributed by atoms with Gasteiger partial charge in [0.15, 0.2) is 17.5 Å². The van der Waals surface area contributed by atoms with Gasteiger partial charge in [-0.1, -0.05) is 18.2 Å². The minimum Gasteiger partial charge on any atom is -0.494 e. The number of para-hydroxylation sites is 1. The van der Waals surface area contributed by atoms with Crippen molar-refractivity contribution >= 4 is 5.69 Å². The fourth-order valence-corrected chi connectivity index (χ4v) is 5.31. The van der Waals surface area contributed by atoms with Crippen molar-refractivity contribution in [2.45, 2.75) is 57.6 Å². The molecule has 0 radical (unpaired) electrons. The molecule has 2 unspecified atom stereocenters. The summed E-state index contributed by atoms with van der Waals surface area (Å²) in [5.74, 6) is -0.230. The van der Waals surface area contributed by atoms with Gasteiger partial charge >= 0.3 is 0 Å². The molecule has 0 spiro atoms. The van der Waals surface area contributed by atoms with Crippen molar-refractivity contribution in [3.63, 3.8) is 0 Å². The van der Waals surface area contributed by atoms with Gasteiger partial charge in [-0.25, -0.2) is 0 Å². The summed E-state index contributed by atoms with van der Waals surface area (Å²) < 4.78 is 13.6. The van der Waals surface area contributed by atoms with Gasteiger partial charge in [0.25, 0.3) is 0 Å². The fourth-order valence-electron chi connectivity index (χ4n) is 5.31. The molecule has 31 heavy (non-hydrogen) atoms. The van der Waals surface area contributed by atoms with Crippen LogP contribution in [0.15, 0.2) is 30.3 Å². The summed E-state index contributed by atoms with van der Waals surface area (Å²) in [7, 11) is 0. The summed E-state index contributed by atoms with van der Waals surface area (Å²) in [4.78, 5) is 4.89. The number of hydrogen-bond acceptors (Lipinski definition) is 6. The molecule has 2 N–H and O–H groups in total. The predicted molar refractivity (Wildman–Crippen MR) is 119 cm³/mol. The van der Waals surface area contributed by atoms with Gasteiger partial charge in [0.05, 0.1) is 12.2 Å². The highest BCUT2D eigenvalue weighted by atomic mass is 16.7. The monoisotopic (exact) mass is 427 g/mol. The second kappa shape index (κ2) is 8.04. The third kappa shape index (κ3) is 4.02. The van der Waals surface area contributed by atoms with Crippen LogP contribution in [-0.2, 0) is 28.9 Å². The number of nitrogens with zero attached hydrogens (tertiary/aromatic N) is 3. The van der Waals surface area contributed by atoms with E-state index in [9.17, 15) is 10.2 Å². The maximum Gasteiger partial charge on any atom is 0.197 e. The average Bonchev–Trinajstić information content (AvgIpc) is 3.19. The van der Waals surface area contributed by atoms with E-state index in [-0.39, 0.29) is 24.0 Å². The molecule has 3 aliphatic rings. The van der Waals surface area contributed by atoms with Gasteiger partial charge in [0.1, 0.15) is 0 Å². The molecule has 0 bridgehead atoms. The molecule has 2 aliphatic heterocycles. The molecule has 2 aromatic rings. The van der Waals surface area contributed by atoms with Crippen molar-refractivity contribution in [2.75, 3.05) is 37.6 Å². The number of fused-ring (bicyclic) bond motifs is 2. The van der Waals surface area contributed by atoms with E-state index in [2.05, 4.69) is 40.1 Å². The Bertz CT molecular complexity index is 879. The first kappa shape index (κ1) is 20.7. The third-order valence-electron chi connectivity index (χ3n) is 6.86. The quantitative estimate of drug-likeness (QED) is 0.765. The van der Waals surface area contributed by atoms with Crippen LogP contribution in [0.3, 0.4) is 0 Å². The number of aromatic hydroxyl groups is 2. The Morgan fingerprint density at radius 3 is 2.03 bits per heavy atom. The largest absolute Gasteiger partial charge is 0.494 e. The number of benzene rings is 1. The van der Waals surface area contributed by atoms with E-state index in [4.69, 9.17) is 9.47 Å². The lowest BCUT2D eigenvalue weighted by atomic mass is 9.90. The predicted octanol–water partition coefficient (Wildman–Crippen LogP) is 2.73. The van der Waals surface area contributed by atoms with Gasteiger partial charge in [0.2, 0.25) is 0 Å². The van der Waals surface area contributed by atoms with Crippen molar-refractivity contribution < 1.29 is 19.7 Å². The topological polar surface area (TPSA) is 70.3 Å². The Kier molecular flexibility index (Phi) is 5.36. The molecule has 3 heterocycles. The molecular weight excluding hydrogens is 394 g/mol. The molecule has 1 aromatic heterocycles. The normalized spacial score (nSPS) is 25.4. The Labute approximate surface area is 183 Å². The van der Waals surface area contributed by atoms with E-state index >= 15 is 0 Å². The molecule has 2 atom stereocenters. The summed E-state index contributed by atoms with van der Waals surface area (Å²) in [6, 6.07) is 10.6. The zero-order valence-corrected chi connectivity index (χ0v) is 18.5. The Balaban J connectivity index is 1.16. The van der Waals surface area contributed by atoms with Crippen LogP contribution in [0.25, 0.3) is 0 Å². The van der Waals surface area contributed by atoms with Gasteiger partial charge in [-0.3, -0.25) is 9.47 Å². The molecule has 1 aliphatic carbocycles. The first-order valence-electron chi connectivity index (χ1n) is 11.4. The summed E-state index contributed by atoms with van der Waals surface area (Å²) in [6.45, 7) is 9.49. The van der Waals surface area contributed by atoms with Gasteiger partial charge in [-0.2, -0.15) is 0 Å². The SMILES string of the molecule is CC1(C)OC2Cc3c(c(O)n(CCCN4CCN(c5ccccc5)CC4)c3O)CC2O1. The first-order chi connectivity index (χ1) is 14.9. The highest BCUT2D eigenvalue weighted by Crippen LogP contribution is 2.44. The number of rotatable bonds is 5. The van der Waals surface area contributed by atoms with Crippen LogP contribution in [0.5, 0.6) is 11.8 Å². The van der Waals surface area contributed by atoms with Gasteiger partial charge in [-0.15, -0.1) is 0 Å². The van der Waals surface area contributed by atoms with E-state index in [0.29, 0.717) is 19.4 Å². The zero-order chi connectivity index (χ0) is 21.6. The molecule has 5 rings (SSSR count). The van der Waals surface area contributed by atoms with E-state index < -0.39 is 5.79 Å². The van der Waals surface area contributed by atoms with Gasteiger partial charge in [0, 0.05) is 62.4 Å². The molecule has 0 saturated carbocycles. The molecule has 0 amide bonds. The van der Waals surface area contributed by atoms with Crippen molar-refractivity contribution in [1.82, 2.24) is 9.47 Å². The molecule has 2 fully saturated rings.